The van der Waals surface area contributed by atoms with E-state index in [1.165, 1.54) is 5.69 Å². The van der Waals surface area contributed by atoms with Crippen molar-refractivity contribution in [3.8, 4) is 0 Å². The van der Waals surface area contributed by atoms with Crippen molar-refractivity contribution in [2.75, 3.05) is 23.3 Å². The lowest BCUT2D eigenvalue weighted by Gasteiger charge is -2.21. The highest BCUT2D eigenvalue weighted by Crippen LogP contribution is 2.22. The maximum atomic E-state index is 4.49. The Labute approximate surface area is 129 Å². The molecule has 3 nitrogen and oxygen atoms in total. The van der Waals surface area contributed by atoms with Gasteiger partial charge >= 0.3 is 0 Å². The fourth-order valence-corrected chi connectivity index (χ4v) is 2.33. The molecule has 2 aromatic rings. The first kappa shape index (κ1) is 14.9. The van der Waals surface area contributed by atoms with Crippen molar-refractivity contribution in [3.05, 3.63) is 46.6 Å². The third-order valence-corrected chi connectivity index (χ3v) is 4.13. The van der Waals surface area contributed by atoms with Crippen LogP contribution in [0.1, 0.15) is 19.5 Å². The second-order valence-corrected chi connectivity index (χ2v) is 5.46. The van der Waals surface area contributed by atoms with Gasteiger partial charge in [-0.05, 0) is 73.1 Å². The van der Waals surface area contributed by atoms with Crippen LogP contribution in [-0.2, 0) is 0 Å². The topological polar surface area (TPSA) is 28.2 Å². The Kier molecular flexibility index (Phi) is 5.01. The largest absolute Gasteiger partial charge is 0.372 e. The number of hydrogen-bond donors (Lipinski definition) is 1. The fraction of sp³-hybridized carbons (Fsp3) is 0.312. The maximum Gasteiger partial charge on any atom is 0.130 e. The van der Waals surface area contributed by atoms with Crippen LogP contribution in [0, 0.1) is 6.92 Å². The standard InChI is InChI=1S/C16H20BrN3/c1-4-20(5-2)14-8-6-13(7-9-14)19-16-11-10-15(17)12(3)18-16/h6-11H,4-5H2,1-3H3,(H,18,19). The van der Waals surface area contributed by atoms with Crippen LogP contribution in [0.4, 0.5) is 17.2 Å². The summed E-state index contributed by atoms with van der Waals surface area (Å²) in [5.41, 5.74) is 3.28. The number of rotatable bonds is 5. The van der Waals surface area contributed by atoms with Crippen molar-refractivity contribution in [2.24, 2.45) is 0 Å². The minimum absolute atomic E-state index is 0.862. The first-order valence-corrected chi connectivity index (χ1v) is 7.68. The molecule has 1 heterocycles. The summed E-state index contributed by atoms with van der Waals surface area (Å²) in [6.45, 7) is 8.38. The molecule has 0 radical (unpaired) electrons. The molecule has 0 bridgehead atoms. The Morgan fingerprint density at radius 2 is 1.70 bits per heavy atom. The minimum atomic E-state index is 0.862. The first-order chi connectivity index (χ1) is 9.63. The highest BCUT2D eigenvalue weighted by molar-refractivity contribution is 9.10. The predicted octanol–water partition coefficient (Wildman–Crippen LogP) is 4.74. The maximum absolute atomic E-state index is 4.49. The lowest BCUT2D eigenvalue weighted by molar-refractivity contribution is 0.866. The van der Waals surface area contributed by atoms with Crippen molar-refractivity contribution < 1.29 is 0 Å². The molecule has 1 N–H and O–H groups in total. The average Bonchev–Trinajstić information content (AvgIpc) is 2.46. The summed E-state index contributed by atoms with van der Waals surface area (Å²) in [7, 11) is 0. The second kappa shape index (κ2) is 6.75. The summed E-state index contributed by atoms with van der Waals surface area (Å²) in [5, 5.41) is 3.32. The van der Waals surface area contributed by atoms with Crippen LogP contribution in [0.3, 0.4) is 0 Å². The van der Waals surface area contributed by atoms with Crippen LogP contribution >= 0.6 is 15.9 Å². The molecule has 0 saturated carbocycles. The molecule has 20 heavy (non-hydrogen) atoms. The van der Waals surface area contributed by atoms with E-state index in [2.05, 4.69) is 69.2 Å². The molecule has 0 unspecified atom stereocenters. The molecule has 0 aliphatic carbocycles. The molecule has 1 aromatic carbocycles. The summed E-state index contributed by atoms with van der Waals surface area (Å²) >= 11 is 3.46. The van der Waals surface area contributed by atoms with Crippen molar-refractivity contribution in [1.82, 2.24) is 4.98 Å². The van der Waals surface area contributed by atoms with E-state index in [-0.39, 0.29) is 0 Å². The quantitative estimate of drug-likeness (QED) is 0.856. The highest BCUT2D eigenvalue weighted by atomic mass is 79.9. The zero-order chi connectivity index (χ0) is 14.5. The van der Waals surface area contributed by atoms with E-state index in [1.807, 2.05) is 19.1 Å². The molecule has 106 valence electrons. The molecule has 0 saturated heterocycles. The Hall–Kier alpha value is -1.55. The monoisotopic (exact) mass is 333 g/mol. The van der Waals surface area contributed by atoms with Gasteiger partial charge in [0.1, 0.15) is 5.82 Å². The molecule has 0 atom stereocenters. The lowest BCUT2D eigenvalue weighted by atomic mass is 10.2. The summed E-state index contributed by atoms with van der Waals surface area (Å²) in [6, 6.07) is 12.4. The lowest BCUT2D eigenvalue weighted by Crippen LogP contribution is -2.21. The summed E-state index contributed by atoms with van der Waals surface area (Å²) in [5.74, 6) is 0.862. The number of aryl methyl sites for hydroxylation is 1. The van der Waals surface area contributed by atoms with Gasteiger partial charge in [0.25, 0.3) is 0 Å². The van der Waals surface area contributed by atoms with Crippen LogP contribution in [0.5, 0.6) is 0 Å². The van der Waals surface area contributed by atoms with E-state index in [1.54, 1.807) is 0 Å². The molecule has 4 heteroatoms. The van der Waals surface area contributed by atoms with Gasteiger partial charge < -0.3 is 10.2 Å². The molecule has 2 rings (SSSR count). The van der Waals surface area contributed by atoms with Gasteiger partial charge in [-0.1, -0.05) is 0 Å². The SMILES string of the molecule is CCN(CC)c1ccc(Nc2ccc(Br)c(C)n2)cc1. The normalized spacial score (nSPS) is 10.4. The molecule has 0 aliphatic heterocycles. The number of nitrogens with one attached hydrogen (secondary N) is 1. The summed E-state index contributed by atoms with van der Waals surface area (Å²) < 4.78 is 1.03. The molecular weight excluding hydrogens is 314 g/mol. The summed E-state index contributed by atoms with van der Waals surface area (Å²) in [4.78, 5) is 6.81. The van der Waals surface area contributed by atoms with Crippen LogP contribution < -0.4 is 10.2 Å². The number of benzene rings is 1. The first-order valence-electron chi connectivity index (χ1n) is 6.89. The predicted molar refractivity (Wildman–Crippen MR) is 90.0 cm³/mol. The van der Waals surface area contributed by atoms with Crippen LogP contribution in [-0.4, -0.2) is 18.1 Å². The number of pyridine rings is 1. The van der Waals surface area contributed by atoms with E-state index in [0.29, 0.717) is 0 Å². The third-order valence-electron chi connectivity index (χ3n) is 3.29. The van der Waals surface area contributed by atoms with Gasteiger partial charge in [-0.3, -0.25) is 0 Å². The smallest absolute Gasteiger partial charge is 0.130 e. The highest BCUT2D eigenvalue weighted by Gasteiger charge is 2.03. The van der Waals surface area contributed by atoms with E-state index in [4.69, 9.17) is 0 Å². The van der Waals surface area contributed by atoms with Gasteiger partial charge in [-0.2, -0.15) is 0 Å². The van der Waals surface area contributed by atoms with Gasteiger partial charge in [0.15, 0.2) is 0 Å². The zero-order valence-corrected chi connectivity index (χ0v) is 13.7. The van der Waals surface area contributed by atoms with E-state index in [9.17, 15) is 0 Å². The van der Waals surface area contributed by atoms with Crippen LogP contribution in [0.25, 0.3) is 0 Å². The molecular formula is C16H20BrN3. The van der Waals surface area contributed by atoms with E-state index in [0.717, 1.165) is 34.8 Å². The molecule has 0 amide bonds. The van der Waals surface area contributed by atoms with Gasteiger partial charge in [0.2, 0.25) is 0 Å². The number of hydrogen-bond acceptors (Lipinski definition) is 3. The van der Waals surface area contributed by atoms with Gasteiger partial charge in [0.05, 0.1) is 5.69 Å². The Balaban J connectivity index is 2.12. The number of anilines is 3. The Bertz CT molecular complexity index is 562. The van der Waals surface area contributed by atoms with E-state index >= 15 is 0 Å². The number of nitrogens with zero attached hydrogens (tertiary/aromatic N) is 2. The average molecular weight is 334 g/mol. The van der Waals surface area contributed by atoms with Crippen molar-refractivity contribution >= 4 is 33.1 Å². The molecule has 1 aromatic heterocycles. The van der Waals surface area contributed by atoms with Crippen molar-refractivity contribution in [2.45, 2.75) is 20.8 Å². The van der Waals surface area contributed by atoms with Crippen molar-refractivity contribution in [1.29, 1.82) is 0 Å². The number of aromatic nitrogens is 1. The van der Waals surface area contributed by atoms with Crippen LogP contribution in [0.2, 0.25) is 0 Å². The van der Waals surface area contributed by atoms with Gasteiger partial charge in [0, 0.05) is 28.9 Å². The van der Waals surface area contributed by atoms with Gasteiger partial charge in [-0.25, -0.2) is 4.98 Å². The molecule has 0 spiro atoms. The molecule has 0 fully saturated rings. The Morgan fingerprint density at radius 1 is 1.05 bits per heavy atom. The van der Waals surface area contributed by atoms with E-state index < -0.39 is 0 Å². The zero-order valence-electron chi connectivity index (χ0n) is 12.2. The fourth-order valence-electron chi connectivity index (χ4n) is 2.11. The number of halogens is 1. The van der Waals surface area contributed by atoms with Crippen LogP contribution in [0.15, 0.2) is 40.9 Å². The third kappa shape index (κ3) is 3.51. The van der Waals surface area contributed by atoms with Crippen molar-refractivity contribution in [3.63, 3.8) is 0 Å². The Morgan fingerprint density at radius 3 is 2.25 bits per heavy atom. The second-order valence-electron chi connectivity index (χ2n) is 4.61. The summed E-state index contributed by atoms with van der Waals surface area (Å²) in [6.07, 6.45) is 0. The minimum Gasteiger partial charge on any atom is -0.372 e. The molecule has 0 aliphatic rings. The van der Waals surface area contributed by atoms with Gasteiger partial charge in [-0.15, -0.1) is 0 Å².